The van der Waals surface area contributed by atoms with Gasteiger partial charge < -0.3 is 4.74 Å². The molecule has 3 nitrogen and oxygen atoms in total. The Bertz CT molecular complexity index is 504. The van der Waals surface area contributed by atoms with Gasteiger partial charge in [0.2, 0.25) is 0 Å². The van der Waals surface area contributed by atoms with E-state index in [1.165, 1.54) is 37.7 Å². The van der Waals surface area contributed by atoms with Gasteiger partial charge in [0.05, 0.1) is 6.61 Å². The summed E-state index contributed by atoms with van der Waals surface area (Å²) in [6.45, 7) is 1.90. The van der Waals surface area contributed by atoms with Crippen molar-refractivity contribution in [2.45, 2.75) is 44.9 Å². The first-order valence-electron chi connectivity index (χ1n) is 7.14. The van der Waals surface area contributed by atoms with Crippen LogP contribution in [-0.2, 0) is 9.53 Å². The maximum Gasteiger partial charge on any atom is 0.379 e. The first-order valence-corrected chi connectivity index (χ1v) is 7.93. The van der Waals surface area contributed by atoms with E-state index in [1.54, 1.807) is 19.1 Å². The van der Waals surface area contributed by atoms with Crippen LogP contribution in [0.15, 0.2) is 22.7 Å². The number of ketones is 1. The molecule has 0 bridgehead atoms. The van der Waals surface area contributed by atoms with Gasteiger partial charge in [0.25, 0.3) is 5.78 Å². The summed E-state index contributed by atoms with van der Waals surface area (Å²) >= 11 is 3.53. The van der Waals surface area contributed by atoms with Crippen molar-refractivity contribution in [1.82, 2.24) is 0 Å². The predicted molar refractivity (Wildman–Crippen MR) is 80.9 cm³/mol. The maximum absolute atomic E-state index is 11.9. The van der Waals surface area contributed by atoms with E-state index in [1.807, 2.05) is 6.07 Å². The summed E-state index contributed by atoms with van der Waals surface area (Å²) in [5, 5.41) is 0. The first kappa shape index (κ1) is 15.2. The minimum atomic E-state index is -0.787. The third-order valence-electron chi connectivity index (χ3n) is 3.77. The minimum Gasteiger partial charge on any atom is -0.460 e. The van der Waals surface area contributed by atoms with E-state index in [0.717, 1.165) is 4.47 Å². The molecular weight excluding hydrogens is 320 g/mol. The highest BCUT2D eigenvalue weighted by Crippen LogP contribution is 2.36. The summed E-state index contributed by atoms with van der Waals surface area (Å²) < 4.78 is 5.66. The Morgan fingerprint density at radius 3 is 2.55 bits per heavy atom. The zero-order valence-corrected chi connectivity index (χ0v) is 13.2. The maximum atomic E-state index is 11.9. The molecule has 0 amide bonds. The molecule has 0 unspecified atom stereocenters. The predicted octanol–water partition coefficient (Wildman–Crippen LogP) is 4.24. The molecule has 0 aliphatic heterocycles. The molecule has 1 aromatic carbocycles. The Labute approximate surface area is 127 Å². The van der Waals surface area contributed by atoms with Crippen molar-refractivity contribution in [3.05, 3.63) is 33.8 Å². The molecule has 1 aliphatic carbocycles. The Morgan fingerprint density at radius 2 is 1.95 bits per heavy atom. The van der Waals surface area contributed by atoms with Gasteiger partial charge in [0.1, 0.15) is 0 Å². The molecule has 2 rings (SSSR count). The molecule has 0 N–H and O–H groups in total. The summed E-state index contributed by atoms with van der Waals surface area (Å²) in [5.74, 6) is -0.808. The second kappa shape index (κ2) is 7.02. The standard InChI is InChI=1S/C16H19BrO3/c1-2-20-16(19)15(18)12-8-9-13(14(17)10-12)11-6-4-3-5-7-11/h8-11H,2-7H2,1H3. The average Bonchev–Trinajstić information content (AvgIpc) is 2.47. The fourth-order valence-corrected chi connectivity index (χ4v) is 3.43. The highest BCUT2D eigenvalue weighted by Gasteiger charge is 2.21. The van der Waals surface area contributed by atoms with E-state index in [9.17, 15) is 9.59 Å². The smallest absolute Gasteiger partial charge is 0.379 e. The molecule has 4 heteroatoms. The van der Waals surface area contributed by atoms with E-state index in [0.29, 0.717) is 11.5 Å². The molecule has 0 saturated heterocycles. The Hall–Kier alpha value is -1.16. The van der Waals surface area contributed by atoms with Crippen LogP contribution < -0.4 is 0 Å². The Balaban J connectivity index is 2.16. The van der Waals surface area contributed by atoms with Crippen molar-refractivity contribution in [2.24, 2.45) is 0 Å². The number of ether oxygens (including phenoxy) is 1. The molecular formula is C16H19BrO3. The molecule has 0 aromatic heterocycles. The van der Waals surface area contributed by atoms with Gasteiger partial charge in [0.15, 0.2) is 0 Å². The van der Waals surface area contributed by atoms with Gasteiger partial charge in [-0.2, -0.15) is 0 Å². The van der Waals surface area contributed by atoms with Crippen LogP contribution >= 0.6 is 15.9 Å². The Kier molecular flexibility index (Phi) is 5.35. The normalized spacial score (nSPS) is 15.9. The molecule has 0 radical (unpaired) electrons. The third-order valence-corrected chi connectivity index (χ3v) is 4.46. The number of hydrogen-bond acceptors (Lipinski definition) is 3. The van der Waals surface area contributed by atoms with Crippen molar-refractivity contribution < 1.29 is 14.3 Å². The largest absolute Gasteiger partial charge is 0.460 e. The van der Waals surface area contributed by atoms with Crippen LogP contribution in [0.1, 0.15) is 60.9 Å². The summed E-state index contributed by atoms with van der Waals surface area (Å²) in [6.07, 6.45) is 6.24. The average molecular weight is 339 g/mol. The second-order valence-electron chi connectivity index (χ2n) is 5.12. The number of carbonyl (C=O) groups is 2. The molecule has 1 aromatic rings. The Morgan fingerprint density at radius 1 is 1.25 bits per heavy atom. The summed E-state index contributed by atoms with van der Waals surface area (Å²) in [4.78, 5) is 23.3. The van der Waals surface area contributed by atoms with Crippen LogP contribution in [0.2, 0.25) is 0 Å². The number of carbonyl (C=O) groups excluding carboxylic acids is 2. The molecule has 1 fully saturated rings. The van der Waals surface area contributed by atoms with E-state index < -0.39 is 11.8 Å². The molecule has 0 heterocycles. The van der Waals surface area contributed by atoms with Gasteiger partial charge in [-0.15, -0.1) is 0 Å². The van der Waals surface area contributed by atoms with Gasteiger partial charge in [-0.1, -0.05) is 47.3 Å². The lowest BCUT2D eigenvalue weighted by molar-refractivity contribution is -0.137. The molecule has 108 valence electrons. The van der Waals surface area contributed by atoms with Crippen LogP contribution in [0, 0.1) is 0 Å². The van der Waals surface area contributed by atoms with Crippen molar-refractivity contribution in [3.8, 4) is 0 Å². The second-order valence-corrected chi connectivity index (χ2v) is 5.98. The molecule has 20 heavy (non-hydrogen) atoms. The fourth-order valence-electron chi connectivity index (χ4n) is 2.73. The van der Waals surface area contributed by atoms with Crippen LogP contribution in [0.3, 0.4) is 0 Å². The van der Waals surface area contributed by atoms with E-state index in [-0.39, 0.29) is 6.61 Å². The summed E-state index contributed by atoms with van der Waals surface area (Å²) in [6, 6.07) is 5.43. The van der Waals surface area contributed by atoms with Crippen molar-refractivity contribution in [3.63, 3.8) is 0 Å². The number of hydrogen-bond donors (Lipinski definition) is 0. The van der Waals surface area contributed by atoms with Gasteiger partial charge >= 0.3 is 5.97 Å². The lowest BCUT2D eigenvalue weighted by Gasteiger charge is -2.23. The quantitative estimate of drug-likeness (QED) is 0.468. The van der Waals surface area contributed by atoms with Crippen LogP contribution in [0.25, 0.3) is 0 Å². The van der Waals surface area contributed by atoms with Crippen LogP contribution in [0.4, 0.5) is 0 Å². The van der Waals surface area contributed by atoms with Gasteiger partial charge in [0, 0.05) is 10.0 Å². The number of halogens is 1. The monoisotopic (exact) mass is 338 g/mol. The molecule has 0 spiro atoms. The van der Waals surface area contributed by atoms with Crippen LogP contribution in [0.5, 0.6) is 0 Å². The summed E-state index contributed by atoms with van der Waals surface area (Å²) in [5.41, 5.74) is 1.62. The van der Waals surface area contributed by atoms with Gasteiger partial charge in [-0.05, 0) is 37.3 Å². The number of benzene rings is 1. The molecule has 0 atom stereocenters. The number of esters is 1. The van der Waals surface area contributed by atoms with E-state index >= 15 is 0 Å². The van der Waals surface area contributed by atoms with Gasteiger partial charge in [-0.3, -0.25) is 4.79 Å². The van der Waals surface area contributed by atoms with Crippen molar-refractivity contribution >= 4 is 27.7 Å². The highest BCUT2D eigenvalue weighted by molar-refractivity contribution is 9.10. The minimum absolute atomic E-state index is 0.214. The topological polar surface area (TPSA) is 43.4 Å². The van der Waals surface area contributed by atoms with E-state index in [4.69, 9.17) is 4.74 Å². The lowest BCUT2D eigenvalue weighted by atomic mass is 9.84. The number of Topliss-reactive ketones (excluding diaryl/α,β-unsaturated/α-hetero) is 1. The summed E-state index contributed by atoms with van der Waals surface area (Å²) in [7, 11) is 0. The van der Waals surface area contributed by atoms with Crippen LogP contribution in [-0.4, -0.2) is 18.4 Å². The fraction of sp³-hybridized carbons (Fsp3) is 0.500. The van der Waals surface area contributed by atoms with Crippen molar-refractivity contribution in [2.75, 3.05) is 6.61 Å². The number of rotatable bonds is 4. The highest BCUT2D eigenvalue weighted by atomic mass is 79.9. The van der Waals surface area contributed by atoms with Gasteiger partial charge in [-0.25, -0.2) is 4.79 Å². The first-order chi connectivity index (χ1) is 9.63. The van der Waals surface area contributed by atoms with E-state index in [2.05, 4.69) is 15.9 Å². The zero-order valence-electron chi connectivity index (χ0n) is 11.7. The zero-order chi connectivity index (χ0) is 14.5. The molecule has 1 aliphatic rings. The molecule has 1 saturated carbocycles. The third kappa shape index (κ3) is 3.48. The SMILES string of the molecule is CCOC(=O)C(=O)c1ccc(C2CCCCC2)c(Br)c1. The lowest BCUT2D eigenvalue weighted by Crippen LogP contribution is -2.17. The van der Waals surface area contributed by atoms with Crippen molar-refractivity contribution in [1.29, 1.82) is 0 Å².